The molecule has 0 radical (unpaired) electrons. The summed E-state index contributed by atoms with van der Waals surface area (Å²) in [5.74, 6) is -0.165. The van der Waals surface area contributed by atoms with Crippen molar-refractivity contribution in [2.75, 3.05) is 0 Å². The SMILES string of the molecule is CC(=O)N/N=C(/C)c1ccc(Br)cc1. The summed E-state index contributed by atoms with van der Waals surface area (Å²) in [5, 5.41) is 3.93. The van der Waals surface area contributed by atoms with E-state index in [0.29, 0.717) is 0 Å². The van der Waals surface area contributed by atoms with Crippen LogP contribution in [-0.4, -0.2) is 11.6 Å². The molecule has 74 valence electrons. The molecule has 14 heavy (non-hydrogen) atoms. The lowest BCUT2D eigenvalue weighted by Gasteiger charge is -2.00. The summed E-state index contributed by atoms with van der Waals surface area (Å²) >= 11 is 3.35. The third-order valence-electron chi connectivity index (χ3n) is 1.64. The first-order chi connectivity index (χ1) is 6.59. The summed E-state index contributed by atoms with van der Waals surface area (Å²) in [6.07, 6.45) is 0. The molecule has 1 amide bonds. The van der Waals surface area contributed by atoms with Crippen LogP contribution < -0.4 is 5.43 Å². The number of hydrazone groups is 1. The second-order valence-electron chi connectivity index (χ2n) is 2.87. The first kappa shape index (κ1) is 10.9. The highest BCUT2D eigenvalue weighted by Gasteiger charge is 1.97. The molecule has 0 aromatic heterocycles. The molecule has 0 saturated carbocycles. The second-order valence-corrected chi connectivity index (χ2v) is 3.79. The molecule has 4 heteroatoms. The van der Waals surface area contributed by atoms with Crippen LogP contribution in [0.3, 0.4) is 0 Å². The monoisotopic (exact) mass is 254 g/mol. The fraction of sp³-hybridized carbons (Fsp3) is 0.200. The van der Waals surface area contributed by atoms with Crippen molar-refractivity contribution in [1.29, 1.82) is 0 Å². The van der Waals surface area contributed by atoms with Gasteiger partial charge in [0.25, 0.3) is 0 Å². The predicted molar refractivity (Wildman–Crippen MR) is 60.2 cm³/mol. The van der Waals surface area contributed by atoms with Gasteiger partial charge in [-0.3, -0.25) is 4.79 Å². The van der Waals surface area contributed by atoms with Gasteiger partial charge >= 0.3 is 0 Å². The molecule has 0 aliphatic heterocycles. The highest BCUT2D eigenvalue weighted by Crippen LogP contribution is 2.10. The van der Waals surface area contributed by atoms with Gasteiger partial charge in [0.15, 0.2) is 0 Å². The van der Waals surface area contributed by atoms with Gasteiger partial charge < -0.3 is 0 Å². The number of benzene rings is 1. The van der Waals surface area contributed by atoms with E-state index >= 15 is 0 Å². The number of halogens is 1. The standard InChI is InChI=1S/C10H11BrN2O/c1-7(12-13-8(2)14)9-3-5-10(11)6-4-9/h3-6H,1-2H3,(H,13,14)/b12-7-. The Hall–Kier alpha value is -1.16. The van der Waals surface area contributed by atoms with Crippen LogP contribution >= 0.6 is 15.9 Å². The Morgan fingerprint density at radius 2 is 1.86 bits per heavy atom. The summed E-state index contributed by atoms with van der Waals surface area (Å²) in [4.78, 5) is 10.6. The molecular weight excluding hydrogens is 244 g/mol. The molecule has 1 aromatic carbocycles. The van der Waals surface area contributed by atoms with E-state index in [4.69, 9.17) is 0 Å². The summed E-state index contributed by atoms with van der Waals surface area (Å²) in [5.41, 5.74) is 4.17. The van der Waals surface area contributed by atoms with Gasteiger partial charge in [0.2, 0.25) is 5.91 Å². The van der Waals surface area contributed by atoms with Gasteiger partial charge in [0, 0.05) is 11.4 Å². The maximum atomic E-state index is 10.6. The lowest BCUT2D eigenvalue weighted by molar-refractivity contribution is -0.118. The first-order valence-corrected chi connectivity index (χ1v) is 4.95. The van der Waals surface area contributed by atoms with Gasteiger partial charge in [-0.25, -0.2) is 5.43 Å². The molecule has 1 rings (SSSR count). The van der Waals surface area contributed by atoms with Crippen LogP contribution in [0.5, 0.6) is 0 Å². The van der Waals surface area contributed by atoms with Crippen LogP contribution in [0.2, 0.25) is 0 Å². The molecule has 0 bridgehead atoms. The van der Waals surface area contributed by atoms with E-state index in [1.165, 1.54) is 6.92 Å². The number of amides is 1. The van der Waals surface area contributed by atoms with Crippen molar-refractivity contribution in [3.05, 3.63) is 34.3 Å². The Labute approximate surface area is 91.3 Å². The van der Waals surface area contributed by atoms with Gasteiger partial charge in [0.1, 0.15) is 0 Å². The normalized spacial score (nSPS) is 11.2. The predicted octanol–water partition coefficient (Wildman–Crippen LogP) is 2.31. The van der Waals surface area contributed by atoms with Crippen molar-refractivity contribution in [3.63, 3.8) is 0 Å². The van der Waals surface area contributed by atoms with Crippen LogP contribution in [0.4, 0.5) is 0 Å². The first-order valence-electron chi connectivity index (χ1n) is 4.16. The molecule has 0 atom stereocenters. The Bertz CT molecular complexity index is 357. The fourth-order valence-electron chi connectivity index (χ4n) is 0.918. The molecule has 0 aliphatic carbocycles. The number of hydrogen-bond acceptors (Lipinski definition) is 2. The number of nitrogens with zero attached hydrogens (tertiary/aromatic N) is 1. The molecule has 1 aromatic rings. The average molecular weight is 255 g/mol. The van der Waals surface area contributed by atoms with Crippen LogP contribution in [-0.2, 0) is 4.79 Å². The number of nitrogens with one attached hydrogen (secondary N) is 1. The Morgan fingerprint density at radius 1 is 1.29 bits per heavy atom. The van der Waals surface area contributed by atoms with Crippen molar-refractivity contribution in [2.24, 2.45) is 5.10 Å². The highest BCUT2D eigenvalue weighted by molar-refractivity contribution is 9.10. The van der Waals surface area contributed by atoms with E-state index in [1.54, 1.807) is 0 Å². The summed E-state index contributed by atoms with van der Waals surface area (Å²) in [6.45, 7) is 3.28. The van der Waals surface area contributed by atoms with Gasteiger partial charge in [-0.05, 0) is 24.6 Å². The molecule has 0 saturated heterocycles. The third kappa shape index (κ3) is 3.30. The number of carbonyl (C=O) groups excluding carboxylic acids is 1. The molecule has 0 spiro atoms. The van der Waals surface area contributed by atoms with E-state index < -0.39 is 0 Å². The van der Waals surface area contributed by atoms with Crippen molar-refractivity contribution >= 4 is 27.5 Å². The van der Waals surface area contributed by atoms with Crippen molar-refractivity contribution < 1.29 is 4.79 Å². The van der Waals surface area contributed by atoms with Crippen molar-refractivity contribution in [1.82, 2.24) is 5.43 Å². The minimum Gasteiger partial charge on any atom is -0.274 e. The smallest absolute Gasteiger partial charge is 0.236 e. The second kappa shape index (κ2) is 4.91. The quantitative estimate of drug-likeness (QED) is 0.639. The van der Waals surface area contributed by atoms with E-state index in [-0.39, 0.29) is 5.91 Å². The minimum atomic E-state index is -0.165. The number of carbonyl (C=O) groups is 1. The van der Waals surface area contributed by atoms with Gasteiger partial charge in [0.05, 0.1) is 5.71 Å². The van der Waals surface area contributed by atoms with Crippen LogP contribution in [0.25, 0.3) is 0 Å². The zero-order chi connectivity index (χ0) is 10.6. The van der Waals surface area contributed by atoms with Crippen LogP contribution in [0.15, 0.2) is 33.8 Å². The summed E-state index contributed by atoms with van der Waals surface area (Å²) in [6, 6.07) is 7.74. The van der Waals surface area contributed by atoms with E-state index in [9.17, 15) is 4.79 Å². The van der Waals surface area contributed by atoms with E-state index in [2.05, 4.69) is 26.5 Å². The lowest BCUT2D eigenvalue weighted by Crippen LogP contribution is -2.14. The average Bonchev–Trinajstić information content (AvgIpc) is 2.15. The molecule has 0 aliphatic rings. The zero-order valence-corrected chi connectivity index (χ0v) is 9.63. The van der Waals surface area contributed by atoms with Gasteiger partial charge in [-0.1, -0.05) is 28.1 Å². The van der Waals surface area contributed by atoms with Crippen molar-refractivity contribution in [3.8, 4) is 0 Å². The van der Waals surface area contributed by atoms with E-state index in [1.807, 2.05) is 31.2 Å². The van der Waals surface area contributed by atoms with E-state index in [0.717, 1.165) is 15.7 Å². The maximum Gasteiger partial charge on any atom is 0.236 e. The van der Waals surface area contributed by atoms with Gasteiger partial charge in [-0.15, -0.1) is 0 Å². The van der Waals surface area contributed by atoms with Crippen molar-refractivity contribution in [2.45, 2.75) is 13.8 Å². The molecule has 0 unspecified atom stereocenters. The fourth-order valence-corrected chi connectivity index (χ4v) is 1.18. The van der Waals surface area contributed by atoms with Crippen LogP contribution in [0.1, 0.15) is 19.4 Å². The third-order valence-corrected chi connectivity index (χ3v) is 2.17. The Morgan fingerprint density at radius 3 is 2.36 bits per heavy atom. The van der Waals surface area contributed by atoms with Gasteiger partial charge in [-0.2, -0.15) is 5.10 Å². The number of hydrogen-bond donors (Lipinski definition) is 1. The summed E-state index contributed by atoms with van der Waals surface area (Å²) in [7, 11) is 0. The minimum absolute atomic E-state index is 0.165. The lowest BCUT2D eigenvalue weighted by atomic mass is 10.1. The summed E-state index contributed by atoms with van der Waals surface area (Å²) < 4.78 is 1.02. The molecule has 0 fully saturated rings. The molecular formula is C10H11BrN2O. The van der Waals surface area contributed by atoms with Crippen LogP contribution in [0, 0.1) is 0 Å². The topological polar surface area (TPSA) is 41.5 Å². The Balaban J connectivity index is 2.78. The number of rotatable bonds is 2. The Kier molecular flexibility index (Phi) is 3.83. The largest absolute Gasteiger partial charge is 0.274 e. The highest BCUT2D eigenvalue weighted by atomic mass is 79.9. The molecule has 0 heterocycles. The zero-order valence-electron chi connectivity index (χ0n) is 8.04. The molecule has 3 nitrogen and oxygen atoms in total. The molecule has 1 N–H and O–H groups in total. The maximum absolute atomic E-state index is 10.6.